The summed E-state index contributed by atoms with van der Waals surface area (Å²) in [6.07, 6.45) is 0.542. The van der Waals surface area contributed by atoms with Crippen molar-refractivity contribution in [2.24, 2.45) is 0 Å². The molecule has 1 aromatic carbocycles. The van der Waals surface area contributed by atoms with Crippen LogP contribution in [0.4, 0.5) is 0 Å². The van der Waals surface area contributed by atoms with Gasteiger partial charge in [-0.2, -0.15) is 0 Å². The summed E-state index contributed by atoms with van der Waals surface area (Å²) in [7, 11) is 0. The van der Waals surface area contributed by atoms with Crippen molar-refractivity contribution in [3.63, 3.8) is 0 Å². The molecular weight excluding hydrogens is 216 g/mol. The summed E-state index contributed by atoms with van der Waals surface area (Å²) < 4.78 is 1.97. The van der Waals surface area contributed by atoms with E-state index < -0.39 is 5.66 Å². The largest absolute Gasteiger partial charge is 0.618 e. The lowest BCUT2D eigenvalue weighted by Crippen LogP contribution is -2.42. The molecule has 1 atom stereocenters. The Morgan fingerprint density at radius 2 is 1.88 bits per heavy atom. The Morgan fingerprint density at radius 1 is 1.29 bits per heavy atom. The molecule has 17 heavy (non-hydrogen) atoms. The fourth-order valence-electron chi connectivity index (χ4n) is 2.16. The van der Waals surface area contributed by atoms with Gasteiger partial charge in [0.05, 0.1) is 23.6 Å². The van der Waals surface area contributed by atoms with Crippen LogP contribution < -0.4 is 0 Å². The number of benzene rings is 1. The van der Waals surface area contributed by atoms with Crippen molar-refractivity contribution in [3.8, 4) is 0 Å². The fraction of sp³-hybridized carbons (Fsp3) is 0.385. The van der Waals surface area contributed by atoms with Crippen LogP contribution >= 0.6 is 0 Å². The van der Waals surface area contributed by atoms with Crippen LogP contribution in [-0.2, 0) is 0 Å². The molecule has 2 rings (SSSR count). The molecule has 4 nitrogen and oxygen atoms in total. The molecule has 0 aromatic heterocycles. The highest BCUT2D eigenvalue weighted by atomic mass is 16.5. The smallest absolute Gasteiger partial charge is 0.404 e. The first kappa shape index (κ1) is 11.6. The van der Waals surface area contributed by atoms with Crippen molar-refractivity contribution in [1.29, 1.82) is 0 Å². The van der Waals surface area contributed by atoms with E-state index >= 15 is 0 Å². The first-order valence-corrected chi connectivity index (χ1v) is 5.75. The lowest BCUT2D eigenvalue weighted by atomic mass is 10.1. The Hall–Kier alpha value is -1.84. The van der Waals surface area contributed by atoms with E-state index in [0.717, 1.165) is 15.0 Å². The van der Waals surface area contributed by atoms with Gasteiger partial charge in [-0.1, -0.05) is 25.1 Å². The highest BCUT2D eigenvalue weighted by Crippen LogP contribution is 2.22. The zero-order valence-corrected chi connectivity index (χ0v) is 10.3. The molecule has 1 aliphatic rings. The number of hydroxylamine groups is 2. The molecule has 1 aromatic rings. The van der Waals surface area contributed by atoms with E-state index in [-0.39, 0.29) is 0 Å². The van der Waals surface area contributed by atoms with Crippen LogP contribution in [0.5, 0.6) is 0 Å². The molecule has 0 unspecified atom stereocenters. The Bertz CT molecular complexity index is 505. The normalized spacial score (nSPS) is 24.6. The predicted molar refractivity (Wildman–Crippen MR) is 65.6 cm³/mol. The molecule has 0 amide bonds. The van der Waals surface area contributed by atoms with Gasteiger partial charge in [0.25, 0.3) is 5.71 Å². The SMILES string of the molecule is CC[C@]1(C)[N+]([O-])=C(C)C(c2ccccc2)=[N+]1O. The van der Waals surface area contributed by atoms with Gasteiger partial charge in [0, 0.05) is 6.92 Å². The maximum absolute atomic E-state index is 12.1. The maximum atomic E-state index is 12.1. The third-order valence-electron chi connectivity index (χ3n) is 3.47. The van der Waals surface area contributed by atoms with E-state index in [4.69, 9.17) is 0 Å². The number of nitrogens with zero attached hydrogens (tertiary/aromatic N) is 2. The molecule has 0 bridgehead atoms. The molecule has 0 fully saturated rings. The van der Waals surface area contributed by atoms with Gasteiger partial charge in [-0.25, -0.2) is 0 Å². The number of hydrogen-bond acceptors (Lipinski definition) is 2. The molecular formula is C13H17N2O2+. The summed E-state index contributed by atoms with van der Waals surface area (Å²) in [5.74, 6) is 0. The first-order valence-electron chi connectivity index (χ1n) is 5.75. The van der Waals surface area contributed by atoms with Crippen molar-refractivity contribution < 1.29 is 14.7 Å². The third kappa shape index (κ3) is 1.52. The van der Waals surface area contributed by atoms with E-state index in [1.807, 2.05) is 37.3 Å². The van der Waals surface area contributed by atoms with Crippen molar-refractivity contribution in [2.75, 3.05) is 0 Å². The Labute approximate surface area is 101 Å². The predicted octanol–water partition coefficient (Wildman–Crippen LogP) is 1.99. The number of hydrogen-bond donors (Lipinski definition) is 1. The van der Waals surface area contributed by atoms with Gasteiger partial charge in [-0.05, 0) is 12.1 Å². The minimum absolute atomic E-state index is 0.542. The zero-order valence-electron chi connectivity index (χ0n) is 10.3. The van der Waals surface area contributed by atoms with Gasteiger partial charge >= 0.3 is 11.4 Å². The molecule has 0 saturated heterocycles. The summed E-state index contributed by atoms with van der Waals surface area (Å²) in [6, 6.07) is 9.46. The van der Waals surface area contributed by atoms with Crippen LogP contribution in [0.2, 0.25) is 0 Å². The highest BCUT2D eigenvalue weighted by molar-refractivity contribution is 6.44. The van der Waals surface area contributed by atoms with E-state index in [0.29, 0.717) is 17.8 Å². The molecule has 0 radical (unpaired) electrons. The Kier molecular flexibility index (Phi) is 2.65. The van der Waals surface area contributed by atoms with Gasteiger partial charge < -0.3 is 5.21 Å². The second-order valence-corrected chi connectivity index (χ2v) is 4.48. The molecule has 1 N–H and O–H groups in total. The second kappa shape index (κ2) is 3.87. The van der Waals surface area contributed by atoms with Crippen LogP contribution in [0, 0.1) is 5.21 Å². The van der Waals surface area contributed by atoms with Crippen LogP contribution in [0.1, 0.15) is 32.8 Å². The Morgan fingerprint density at radius 3 is 2.35 bits per heavy atom. The minimum Gasteiger partial charge on any atom is -0.618 e. The van der Waals surface area contributed by atoms with Gasteiger partial charge in [-0.3, -0.25) is 5.21 Å². The average molecular weight is 233 g/mol. The van der Waals surface area contributed by atoms with Gasteiger partial charge in [-0.15, -0.1) is 4.74 Å². The lowest BCUT2D eigenvalue weighted by Gasteiger charge is -2.14. The minimum atomic E-state index is -0.907. The molecule has 90 valence electrons. The Balaban J connectivity index is 2.63. The average Bonchev–Trinajstić information content (AvgIpc) is 2.53. The molecule has 0 spiro atoms. The summed E-state index contributed by atoms with van der Waals surface area (Å²) >= 11 is 0. The standard InChI is InChI=1S/C13H17N2O2/c1-4-13(3)14(16)10(2)12(15(13)17)11-8-6-5-7-9-11/h5-9,17H,4H2,1-3H3/q+1/t13-/m1/s1. The van der Waals surface area contributed by atoms with Gasteiger partial charge in [0.2, 0.25) is 0 Å². The summed E-state index contributed by atoms with van der Waals surface area (Å²) in [5.41, 5.74) is 1.08. The van der Waals surface area contributed by atoms with E-state index in [1.165, 1.54) is 0 Å². The van der Waals surface area contributed by atoms with Crippen molar-refractivity contribution in [1.82, 2.24) is 0 Å². The quantitative estimate of drug-likeness (QED) is 0.482. The molecule has 4 heteroatoms. The van der Waals surface area contributed by atoms with E-state index in [2.05, 4.69) is 0 Å². The summed E-state index contributed by atoms with van der Waals surface area (Å²) in [4.78, 5) is 0. The summed E-state index contributed by atoms with van der Waals surface area (Å²) in [6.45, 7) is 5.36. The molecule has 1 heterocycles. The first-order chi connectivity index (χ1) is 8.02. The zero-order chi connectivity index (χ0) is 12.6. The van der Waals surface area contributed by atoms with E-state index in [9.17, 15) is 10.4 Å². The van der Waals surface area contributed by atoms with Crippen molar-refractivity contribution in [2.45, 2.75) is 32.9 Å². The van der Waals surface area contributed by atoms with Crippen molar-refractivity contribution >= 4 is 11.4 Å². The topological polar surface area (TPSA) is 49.3 Å². The second-order valence-electron chi connectivity index (χ2n) is 4.48. The van der Waals surface area contributed by atoms with Crippen LogP contribution in [-0.4, -0.2) is 31.8 Å². The van der Waals surface area contributed by atoms with Gasteiger partial charge in [0.1, 0.15) is 0 Å². The summed E-state index contributed by atoms with van der Waals surface area (Å²) in [5, 5.41) is 22.3. The van der Waals surface area contributed by atoms with Crippen LogP contribution in [0.25, 0.3) is 0 Å². The van der Waals surface area contributed by atoms with Gasteiger partial charge in [0.15, 0.2) is 0 Å². The fourth-order valence-corrected chi connectivity index (χ4v) is 2.16. The highest BCUT2D eigenvalue weighted by Gasteiger charge is 2.55. The molecule has 0 saturated carbocycles. The van der Waals surface area contributed by atoms with Crippen molar-refractivity contribution in [3.05, 3.63) is 41.1 Å². The maximum Gasteiger partial charge on any atom is 0.404 e. The lowest BCUT2D eigenvalue weighted by molar-refractivity contribution is -0.919. The van der Waals surface area contributed by atoms with Crippen LogP contribution in [0.15, 0.2) is 30.3 Å². The van der Waals surface area contributed by atoms with Crippen LogP contribution in [0.3, 0.4) is 0 Å². The monoisotopic (exact) mass is 233 g/mol. The molecule has 1 aliphatic heterocycles. The van der Waals surface area contributed by atoms with E-state index in [1.54, 1.807) is 13.8 Å². The molecule has 0 aliphatic carbocycles. The third-order valence-corrected chi connectivity index (χ3v) is 3.47. The number of rotatable bonds is 2.